The van der Waals surface area contributed by atoms with Crippen molar-refractivity contribution in [2.45, 2.75) is 44.6 Å². The molecule has 26 heavy (non-hydrogen) atoms. The Kier molecular flexibility index (Phi) is 5.88. The largest absolute Gasteiger partial charge is 0.465 e. The summed E-state index contributed by atoms with van der Waals surface area (Å²) in [5.74, 6) is -0.558. The molecule has 0 bridgehead atoms. The summed E-state index contributed by atoms with van der Waals surface area (Å²) in [6.45, 7) is 8.28. The van der Waals surface area contributed by atoms with E-state index in [-0.39, 0.29) is 22.4 Å². The number of hydrogen-bond donors (Lipinski definition) is 1. The highest BCUT2D eigenvalue weighted by Gasteiger charge is 2.18. The minimum atomic E-state index is -3.74. The second kappa shape index (κ2) is 7.60. The fourth-order valence-electron chi connectivity index (χ4n) is 2.48. The summed E-state index contributed by atoms with van der Waals surface area (Å²) in [5.41, 5.74) is 3.00. The number of carbonyl (C=O) groups is 1. The molecule has 0 spiro atoms. The van der Waals surface area contributed by atoms with Crippen LogP contribution in [0.3, 0.4) is 0 Å². The Morgan fingerprint density at radius 2 is 1.69 bits per heavy atom. The molecule has 2 aromatic carbocycles. The molecule has 0 aliphatic heterocycles. The standard InChI is InChI=1S/C20H25NO4S/c1-14-6-11-17(12-18(14)19(22)25-5)26(23,24)21-13-15-7-9-16(10-8-15)20(2,3)4/h6-12,21H,13H2,1-5H3. The van der Waals surface area contributed by atoms with E-state index in [9.17, 15) is 13.2 Å². The molecule has 0 amide bonds. The van der Waals surface area contributed by atoms with E-state index in [1.54, 1.807) is 13.0 Å². The first kappa shape index (κ1) is 20.1. The molecule has 0 aliphatic carbocycles. The number of methoxy groups -OCH3 is 1. The highest BCUT2D eigenvalue weighted by atomic mass is 32.2. The maximum atomic E-state index is 12.5. The molecule has 0 heterocycles. The SMILES string of the molecule is COC(=O)c1cc(S(=O)(=O)NCc2ccc(C(C)(C)C)cc2)ccc1C. The number of hydrogen-bond acceptors (Lipinski definition) is 4. The third kappa shape index (κ3) is 4.71. The van der Waals surface area contributed by atoms with Gasteiger partial charge in [-0.3, -0.25) is 0 Å². The van der Waals surface area contributed by atoms with E-state index in [2.05, 4.69) is 25.5 Å². The molecule has 140 valence electrons. The molecule has 1 N–H and O–H groups in total. The zero-order chi connectivity index (χ0) is 19.5. The summed E-state index contributed by atoms with van der Waals surface area (Å²) in [6, 6.07) is 12.3. The summed E-state index contributed by atoms with van der Waals surface area (Å²) in [7, 11) is -2.47. The lowest BCUT2D eigenvalue weighted by Gasteiger charge is -2.19. The lowest BCUT2D eigenvalue weighted by molar-refractivity contribution is 0.0599. The van der Waals surface area contributed by atoms with Gasteiger partial charge < -0.3 is 4.74 Å². The first-order valence-electron chi connectivity index (χ1n) is 8.32. The van der Waals surface area contributed by atoms with Gasteiger partial charge in [0.05, 0.1) is 17.6 Å². The van der Waals surface area contributed by atoms with Crippen molar-refractivity contribution in [3.05, 3.63) is 64.7 Å². The van der Waals surface area contributed by atoms with E-state index in [1.165, 1.54) is 24.8 Å². The van der Waals surface area contributed by atoms with E-state index >= 15 is 0 Å². The maximum Gasteiger partial charge on any atom is 0.338 e. The zero-order valence-electron chi connectivity index (χ0n) is 15.8. The molecule has 0 fully saturated rings. The molecule has 0 unspecified atom stereocenters. The van der Waals surface area contributed by atoms with Gasteiger partial charge in [0.15, 0.2) is 0 Å². The molecule has 2 rings (SSSR count). The summed E-state index contributed by atoms with van der Waals surface area (Å²) in [5, 5.41) is 0. The molecule has 6 heteroatoms. The Bertz CT molecular complexity index is 894. The first-order valence-corrected chi connectivity index (χ1v) is 9.81. The minimum Gasteiger partial charge on any atom is -0.465 e. The Morgan fingerprint density at radius 3 is 2.23 bits per heavy atom. The summed E-state index contributed by atoms with van der Waals surface area (Å²) < 4.78 is 32.4. The summed E-state index contributed by atoms with van der Waals surface area (Å²) in [4.78, 5) is 11.8. The van der Waals surface area contributed by atoms with Crippen molar-refractivity contribution < 1.29 is 17.9 Å². The molecular formula is C20H25NO4S. The van der Waals surface area contributed by atoms with E-state index in [4.69, 9.17) is 4.74 Å². The van der Waals surface area contributed by atoms with Crippen molar-refractivity contribution in [2.75, 3.05) is 7.11 Å². The average Bonchev–Trinajstić information content (AvgIpc) is 2.59. The van der Waals surface area contributed by atoms with Crippen molar-refractivity contribution in [1.29, 1.82) is 0 Å². The van der Waals surface area contributed by atoms with E-state index in [0.29, 0.717) is 5.56 Å². The number of rotatable bonds is 5. The molecule has 0 saturated heterocycles. The minimum absolute atomic E-state index is 0.0369. The van der Waals surface area contributed by atoms with Crippen molar-refractivity contribution in [3.8, 4) is 0 Å². The van der Waals surface area contributed by atoms with Gasteiger partial charge >= 0.3 is 5.97 Å². The van der Waals surface area contributed by atoms with Crippen LogP contribution in [0, 0.1) is 6.92 Å². The zero-order valence-corrected chi connectivity index (χ0v) is 16.6. The second-order valence-electron chi connectivity index (χ2n) is 7.24. The van der Waals surface area contributed by atoms with Crippen LogP contribution >= 0.6 is 0 Å². The highest BCUT2D eigenvalue weighted by molar-refractivity contribution is 7.89. The van der Waals surface area contributed by atoms with Crippen LogP contribution in [-0.2, 0) is 26.7 Å². The Morgan fingerprint density at radius 1 is 1.08 bits per heavy atom. The van der Waals surface area contributed by atoms with Gasteiger partial charge in [0.25, 0.3) is 0 Å². The molecular weight excluding hydrogens is 350 g/mol. The number of sulfonamides is 1. The number of nitrogens with one attached hydrogen (secondary N) is 1. The third-order valence-electron chi connectivity index (χ3n) is 4.21. The topological polar surface area (TPSA) is 72.5 Å². The fourth-order valence-corrected chi connectivity index (χ4v) is 3.53. The summed E-state index contributed by atoms with van der Waals surface area (Å²) >= 11 is 0. The van der Waals surface area contributed by atoms with E-state index in [0.717, 1.165) is 5.56 Å². The maximum absolute atomic E-state index is 12.5. The molecule has 0 aliphatic rings. The van der Waals surface area contributed by atoms with Gasteiger partial charge in [-0.2, -0.15) is 0 Å². The van der Waals surface area contributed by atoms with Crippen LogP contribution in [0.15, 0.2) is 47.4 Å². The van der Waals surface area contributed by atoms with Crippen LogP contribution in [0.4, 0.5) is 0 Å². The van der Waals surface area contributed by atoms with Gasteiger partial charge in [-0.1, -0.05) is 51.1 Å². The lowest BCUT2D eigenvalue weighted by Crippen LogP contribution is -2.24. The van der Waals surface area contributed by atoms with Crippen LogP contribution in [0.1, 0.15) is 47.8 Å². The van der Waals surface area contributed by atoms with Crippen LogP contribution in [-0.4, -0.2) is 21.5 Å². The number of esters is 1. The number of carbonyl (C=O) groups excluding carboxylic acids is 1. The number of benzene rings is 2. The second-order valence-corrected chi connectivity index (χ2v) is 9.01. The molecule has 0 atom stereocenters. The molecule has 2 aromatic rings. The monoisotopic (exact) mass is 375 g/mol. The molecule has 0 saturated carbocycles. The van der Waals surface area contributed by atoms with Gasteiger partial charge in [-0.05, 0) is 41.2 Å². The summed E-state index contributed by atoms with van der Waals surface area (Å²) in [6.07, 6.45) is 0. The van der Waals surface area contributed by atoms with Crippen molar-refractivity contribution in [1.82, 2.24) is 4.72 Å². The van der Waals surface area contributed by atoms with Gasteiger partial charge in [0, 0.05) is 6.54 Å². The molecule has 0 aromatic heterocycles. The van der Waals surface area contributed by atoms with Crippen LogP contribution < -0.4 is 4.72 Å². The van der Waals surface area contributed by atoms with Gasteiger partial charge in [-0.25, -0.2) is 17.9 Å². The Hall–Kier alpha value is -2.18. The number of ether oxygens (including phenoxy) is 1. The highest BCUT2D eigenvalue weighted by Crippen LogP contribution is 2.22. The first-order chi connectivity index (χ1) is 12.0. The molecule has 5 nitrogen and oxygen atoms in total. The van der Waals surface area contributed by atoms with Crippen molar-refractivity contribution in [2.24, 2.45) is 0 Å². The third-order valence-corrected chi connectivity index (χ3v) is 5.61. The lowest BCUT2D eigenvalue weighted by atomic mass is 9.87. The van der Waals surface area contributed by atoms with Crippen LogP contribution in [0.25, 0.3) is 0 Å². The fraction of sp³-hybridized carbons (Fsp3) is 0.350. The number of aryl methyl sites for hydroxylation is 1. The average molecular weight is 375 g/mol. The molecule has 0 radical (unpaired) electrons. The Labute approximate surface area is 155 Å². The van der Waals surface area contributed by atoms with Gasteiger partial charge in [-0.15, -0.1) is 0 Å². The normalized spacial score (nSPS) is 12.0. The van der Waals surface area contributed by atoms with Crippen LogP contribution in [0.5, 0.6) is 0 Å². The van der Waals surface area contributed by atoms with Crippen molar-refractivity contribution in [3.63, 3.8) is 0 Å². The Balaban J connectivity index is 2.18. The quantitative estimate of drug-likeness (QED) is 0.811. The van der Waals surface area contributed by atoms with E-state index in [1.807, 2.05) is 24.3 Å². The predicted octanol–water partition coefficient (Wildman–Crippen LogP) is 3.56. The van der Waals surface area contributed by atoms with Gasteiger partial charge in [0.2, 0.25) is 10.0 Å². The van der Waals surface area contributed by atoms with Crippen LogP contribution in [0.2, 0.25) is 0 Å². The van der Waals surface area contributed by atoms with E-state index < -0.39 is 16.0 Å². The van der Waals surface area contributed by atoms with Gasteiger partial charge in [0.1, 0.15) is 0 Å². The predicted molar refractivity (Wildman–Crippen MR) is 102 cm³/mol. The smallest absolute Gasteiger partial charge is 0.338 e. The van der Waals surface area contributed by atoms with Crippen molar-refractivity contribution >= 4 is 16.0 Å².